The van der Waals surface area contributed by atoms with Crippen molar-refractivity contribution in [1.29, 1.82) is 0 Å². The standard InChI is InChI=1S/C15H14Cl2N2O2/c16-11-7-6-9(8-12(11)17)14-18-15(21-19-14)10-4-2-1-3-5-13(10)20/h6-8,10H,1-5H2. The van der Waals surface area contributed by atoms with Gasteiger partial charge in [0, 0.05) is 12.0 Å². The SMILES string of the molecule is O=C1CCCCCC1c1nc(-c2ccc(Cl)c(Cl)c2)no1. The van der Waals surface area contributed by atoms with E-state index in [9.17, 15) is 4.79 Å². The fourth-order valence-corrected chi connectivity index (χ4v) is 2.85. The van der Waals surface area contributed by atoms with E-state index < -0.39 is 0 Å². The second kappa shape index (κ2) is 6.16. The normalized spacial score (nSPS) is 19.5. The van der Waals surface area contributed by atoms with Crippen LogP contribution in [0.15, 0.2) is 22.7 Å². The Labute approximate surface area is 132 Å². The van der Waals surface area contributed by atoms with Crippen molar-refractivity contribution >= 4 is 29.0 Å². The Bertz CT molecular complexity index is 669. The molecule has 1 fully saturated rings. The number of hydrogen-bond donors (Lipinski definition) is 0. The lowest BCUT2D eigenvalue weighted by Gasteiger charge is -2.06. The van der Waals surface area contributed by atoms with Crippen LogP contribution in [0.5, 0.6) is 0 Å². The highest BCUT2D eigenvalue weighted by Gasteiger charge is 2.27. The van der Waals surface area contributed by atoms with Crippen molar-refractivity contribution in [1.82, 2.24) is 10.1 Å². The first-order valence-corrected chi connectivity index (χ1v) is 7.72. The van der Waals surface area contributed by atoms with Crippen molar-refractivity contribution in [2.24, 2.45) is 0 Å². The largest absolute Gasteiger partial charge is 0.338 e. The van der Waals surface area contributed by atoms with Crippen molar-refractivity contribution in [3.05, 3.63) is 34.1 Å². The molecule has 0 N–H and O–H groups in total. The minimum absolute atomic E-state index is 0.192. The lowest BCUT2D eigenvalue weighted by atomic mass is 9.99. The second-order valence-electron chi connectivity index (χ2n) is 5.20. The van der Waals surface area contributed by atoms with Crippen molar-refractivity contribution in [2.45, 2.75) is 38.0 Å². The molecule has 1 aromatic carbocycles. The minimum atomic E-state index is -0.267. The maximum Gasteiger partial charge on any atom is 0.237 e. The lowest BCUT2D eigenvalue weighted by Crippen LogP contribution is -2.10. The van der Waals surface area contributed by atoms with Crippen molar-refractivity contribution in [2.75, 3.05) is 0 Å². The van der Waals surface area contributed by atoms with Crippen LogP contribution in [0.2, 0.25) is 10.0 Å². The van der Waals surface area contributed by atoms with E-state index in [0.717, 1.165) is 31.2 Å². The van der Waals surface area contributed by atoms with Crippen LogP contribution >= 0.6 is 23.2 Å². The summed E-state index contributed by atoms with van der Waals surface area (Å²) in [6.45, 7) is 0. The summed E-state index contributed by atoms with van der Waals surface area (Å²) >= 11 is 11.9. The monoisotopic (exact) mass is 324 g/mol. The van der Waals surface area contributed by atoms with Crippen LogP contribution in [-0.2, 0) is 4.79 Å². The Morgan fingerprint density at radius 3 is 2.81 bits per heavy atom. The Hall–Kier alpha value is -1.39. The quantitative estimate of drug-likeness (QED) is 0.754. The van der Waals surface area contributed by atoms with Crippen LogP contribution in [0, 0.1) is 0 Å². The smallest absolute Gasteiger partial charge is 0.237 e. The number of carbonyl (C=O) groups is 1. The van der Waals surface area contributed by atoms with Crippen molar-refractivity contribution in [3.63, 3.8) is 0 Å². The summed E-state index contributed by atoms with van der Waals surface area (Å²) < 4.78 is 5.30. The van der Waals surface area contributed by atoms with Gasteiger partial charge < -0.3 is 4.52 Å². The predicted molar refractivity (Wildman–Crippen MR) is 80.6 cm³/mol. The zero-order valence-corrected chi connectivity index (χ0v) is 12.8. The third-order valence-electron chi connectivity index (χ3n) is 3.72. The molecule has 4 nitrogen and oxygen atoms in total. The van der Waals surface area contributed by atoms with Gasteiger partial charge in [-0.15, -0.1) is 0 Å². The molecule has 0 amide bonds. The molecule has 0 aliphatic heterocycles. The minimum Gasteiger partial charge on any atom is -0.338 e. The van der Waals surface area contributed by atoms with E-state index >= 15 is 0 Å². The van der Waals surface area contributed by atoms with E-state index in [-0.39, 0.29) is 11.7 Å². The van der Waals surface area contributed by atoms with Gasteiger partial charge in [-0.1, -0.05) is 41.2 Å². The van der Waals surface area contributed by atoms with Gasteiger partial charge in [0.05, 0.1) is 16.0 Å². The summed E-state index contributed by atoms with van der Waals surface area (Å²) in [6.07, 6.45) is 4.41. The number of nitrogens with zero attached hydrogens (tertiary/aromatic N) is 2. The highest BCUT2D eigenvalue weighted by Crippen LogP contribution is 2.31. The van der Waals surface area contributed by atoms with Gasteiger partial charge in [-0.05, 0) is 31.0 Å². The first-order chi connectivity index (χ1) is 10.1. The molecular formula is C15H14Cl2N2O2. The van der Waals surface area contributed by atoms with E-state index in [2.05, 4.69) is 10.1 Å². The Morgan fingerprint density at radius 2 is 2.00 bits per heavy atom. The fourth-order valence-electron chi connectivity index (χ4n) is 2.55. The highest BCUT2D eigenvalue weighted by molar-refractivity contribution is 6.42. The van der Waals surface area contributed by atoms with Crippen LogP contribution in [0.1, 0.15) is 43.9 Å². The Morgan fingerprint density at radius 1 is 1.14 bits per heavy atom. The lowest BCUT2D eigenvalue weighted by molar-refractivity contribution is -0.120. The molecule has 6 heteroatoms. The van der Waals surface area contributed by atoms with Gasteiger partial charge >= 0.3 is 0 Å². The number of rotatable bonds is 2. The molecule has 21 heavy (non-hydrogen) atoms. The van der Waals surface area contributed by atoms with E-state index in [4.69, 9.17) is 27.7 Å². The molecule has 1 aliphatic rings. The maximum absolute atomic E-state index is 12.1. The second-order valence-corrected chi connectivity index (χ2v) is 6.02. The van der Waals surface area contributed by atoms with Gasteiger partial charge in [0.15, 0.2) is 0 Å². The van der Waals surface area contributed by atoms with Crippen LogP contribution in [0.4, 0.5) is 0 Å². The van der Waals surface area contributed by atoms with E-state index in [1.807, 2.05) is 0 Å². The summed E-state index contributed by atoms with van der Waals surface area (Å²) in [5, 5.41) is 4.87. The fraction of sp³-hybridized carbons (Fsp3) is 0.400. The van der Waals surface area contributed by atoms with Crippen molar-refractivity contribution < 1.29 is 9.32 Å². The molecule has 0 radical (unpaired) electrons. The number of hydrogen-bond acceptors (Lipinski definition) is 4. The molecule has 3 rings (SSSR count). The molecule has 1 unspecified atom stereocenters. The number of Topliss-reactive ketones (excluding diaryl/α,β-unsaturated/α-hetero) is 1. The zero-order chi connectivity index (χ0) is 14.8. The number of aromatic nitrogens is 2. The molecule has 0 bridgehead atoms. The Balaban J connectivity index is 1.88. The van der Waals surface area contributed by atoms with Gasteiger partial charge in [-0.25, -0.2) is 0 Å². The first kappa shape index (κ1) is 14.5. The van der Waals surface area contributed by atoms with Gasteiger partial charge in [-0.2, -0.15) is 4.98 Å². The van der Waals surface area contributed by atoms with E-state index in [0.29, 0.717) is 28.2 Å². The van der Waals surface area contributed by atoms with E-state index in [1.54, 1.807) is 18.2 Å². The van der Waals surface area contributed by atoms with Crippen LogP contribution in [0.3, 0.4) is 0 Å². The molecule has 0 spiro atoms. The first-order valence-electron chi connectivity index (χ1n) is 6.97. The molecule has 1 heterocycles. The summed E-state index contributed by atoms with van der Waals surface area (Å²) in [5.74, 6) is 0.761. The molecular weight excluding hydrogens is 311 g/mol. The molecule has 110 valence electrons. The molecule has 1 saturated carbocycles. The zero-order valence-electron chi connectivity index (χ0n) is 11.3. The number of carbonyl (C=O) groups excluding carboxylic acids is 1. The molecule has 2 aromatic rings. The third-order valence-corrected chi connectivity index (χ3v) is 4.46. The molecule has 0 saturated heterocycles. The van der Waals surface area contributed by atoms with Crippen LogP contribution in [0.25, 0.3) is 11.4 Å². The number of ketones is 1. The van der Waals surface area contributed by atoms with Gasteiger partial charge in [-0.3, -0.25) is 4.79 Å². The Kier molecular flexibility index (Phi) is 4.27. The average Bonchev–Trinajstić information content (AvgIpc) is 2.85. The maximum atomic E-state index is 12.1. The topological polar surface area (TPSA) is 56.0 Å². The summed E-state index contributed by atoms with van der Waals surface area (Å²) in [5.41, 5.74) is 0.723. The molecule has 1 atom stereocenters. The third kappa shape index (κ3) is 3.11. The molecule has 1 aliphatic carbocycles. The van der Waals surface area contributed by atoms with Gasteiger partial charge in [0.1, 0.15) is 5.78 Å². The molecule has 1 aromatic heterocycles. The summed E-state index contributed by atoms with van der Waals surface area (Å²) in [4.78, 5) is 16.5. The van der Waals surface area contributed by atoms with Crippen LogP contribution < -0.4 is 0 Å². The predicted octanol–water partition coefficient (Wildman–Crippen LogP) is 4.66. The summed E-state index contributed by atoms with van der Waals surface area (Å²) in [6, 6.07) is 5.15. The highest BCUT2D eigenvalue weighted by atomic mass is 35.5. The number of benzene rings is 1. The van der Waals surface area contributed by atoms with E-state index in [1.165, 1.54) is 0 Å². The number of halogens is 2. The summed E-state index contributed by atoms with van der Waals surface area (Å²) in [7, 11) is 0. The van der Waals surface area contributed by atoms with Crippen LogP contribution in [-0.4, -0.2) is 15.9 Å². The van der Waals surface area contributed by atoms with Gasteiger partial charge in [0.2, 0.25) is 11.7 Å². The van der Waals surface area contributed by atoms with Crippen molar-refractivity contribution in [3.8, 4) is 11.4 Å². The van der Waals surface area contributed by atoms with Gasteiger partial charge in [0.25, 0.3) is 0 Å². The average molecular weight is 325 g/mol.